The minimum absolute atomic E-state index is 0.148. The third kappa shape index (κ3) is 3.49. The van der Waals surface area contributed by atoms with Crippen LogP contribution in [-0.2, 0) is 9.53 Å². The van der Waals surface area contributed by atoms with E-state index in [-0.39, 0.29) is 5.91 Å². The highest BCUT2D eigenvalue weighted by Gasteiger charge is 2.11. The van der Waals surface area contributed by atoms with Crippen molar-refractivity contribution < 1.29 is 9.53 Å². The molecule has 2 aromatic rings. The van der Waals surface area contributed by atoms with Crippen LogP contribution in [0.25, 0.3) is 10.6 Å². The smallest absolute Gasteiger partial charge is 0.228 e. The number of amides is 1. The summed E-state index contributed by atoms with van der Waals surface area (Å²) in [5, 5.41) is 11.8. The van der Waals surface area contributed by atoms with E-state index in [1.165, 1.54) is 11.3 Å². The Morgan fingerprint density at radius 3 is 2.95 bits per heavy atom. The number of hydrogen-bond acceptors (Lipinski definition) is 6. The Bertz CT molecular complexity index is 570. The number of carbonyl (C=O) groups excluding carboxylic acids is 1. The fraction of sp³-hybridized carbons (Fsp3) is 0.250. The molecule has 1 aromatic carbocycles. The van der Waals surface area contributed by atoms with Gasteiger partial charge in [-0.3, -0.25) is 4.79 Å². The van der Waals surface area contributed by atoms with Crippen LogP contribution in [0.15, 0.2) is 24.3 Å². The number of methoxy groups -OCH3 is 1. The Morgan fingerprint density at radius 2 is 2.21 bits per heavy atom. The average molecular weight is 278 g/mol. The van der Waals surface area contributed by atoms with Crippen molar-refractivity contribution in [3.05, 3.63) is 24.3 Å². The van der Waals surface area contributed by atoms with Crippen LogP contribution in [0.4, 0.5) is 10.8 Å². The number of hydrogen-bond donors (Lipinski definition) is 2. The maximum absolute atomic E-state index is 11.5. The van der Waals surface area contributed by atoms with E-state index in [1.54, 1.807) is 13.2 Å². The summed E-state index contributed by atoms with van der Waals surface area (Å²) in [6, 6.07) is 7.40. The predicted molar refractivity (Wildman–Crippen MR) is 74.9 cm³/mol. The zero-order valence-corrected chi connectivity index (χ0v) is 11.2. The van der Waals surface area contributed by atoms with Crippen LogP contribution >= 0.6 is 11.3 Å². The summed E-state index contributed by atoms with van der Waals surface area (Å²) in [5.41, 5.74) is 7.32. The molecule has 100 valence electrons. The molecular formula is C12H14N4O2S. The number of rotatable bonds is 5. The molecule has 0 aliphatic carbocycles. The summed E-state index contributed by atoms with van der Waals surface area (Å²) < 4.78 is 4.83. The number of ether oxygens (including phenoxy) is 1. The molecule has 0 aliphatic rings. The molecule has 19 heavy (non-hydrogen) atoms. The molecule has 0 radical (unpaired) electrons. The van der Waals surface area contributed by atoms with Gasteiger partial charge in [0.15, 0.2) is 5.01 Å². The second-order valence-electron chi connectivity index (χ2n) is 3.79. The number of para-hydroxylation sites is 1. The first-order chi connectivity index (χ1) is 9.20. The molecule has 3 N–H and O–H groups in total. The molecule has 2 rings (SSSR count). The van der Waals surface area contributed by atoms with Gasteiger partial charge in [-0.15, -0.1) is 10.2 Å². The lowest BCUT2D eigenvalue weighted by molar-refractivity contribution is -0.117. The molecule has 0 saturated carbocycles. The summed E-state index contributed by atoms with van der Waals surface area (Å²) in [6.45, 7) is 0.378. The molecule has 0 spiro atoms. The topological polar surface area (TPSA) is 90.1 Å². The highest BCUT2D eigenvalue weighted by molar-refractivity contribution is 7.18. The van der Waals surface area contributed by atoms with Crippen LogP contribution in [0.1, 0.15) is 6.42 Å². The molecular weight excluding hydrogens is 264 g/mol. The molecule has 0 saturated heterocycles. The first kappa shape index (κ1) is 13.4. The van der Waals surface area contributed by atoms with Crippen LogP contribution in [0.5, 0.6) is 0 Å². The van der Waals surface area contributed by atoms with Gasteiger partial charge in [-0.1, -0.05) is 23.5 Å². The van der Waals surface area contributed by atoms with Crippen molar-refractivity contribution in [2.75, 3.05) is 24.8 Å². The first-order valence-electron chi connectivity index (χ1n) is 5.68. The summed E-state index contributed by atoms with van der Waals surface area (Å²) >= 11 is 1.29. The maximum atomic E-state index is 11.5. The van der Waals surface area contributed by atoms with E-state index in [2.05, 4.69) is 15.5 Å². The molecule has 0 fully saturated rings. The number of nitrogen functional groups attached to an aromatic ring is 1. The lowest BCUT2D eigenvalue weighted by atomic mass is 10.2. The quantitative estimate of drug-likeness (QED) is 0.813. The lowest BCUT2D eigenvalue weighted by Crippen LogP contribution is -2.13. The van der Waals surface area contributed by atoms with Gasteiger partial charge in [-0.25, -0.2) is 0 Å². The largest absolute Gasteiger partial charge is 0.398 e. The van der Waals surface area contributed by atoms with E-state index >= 15 is 0 Å². The van der Waals surface area contributed by atoms with Crippen molar-refractivity contribution >= 4 is 28.1 Å². The van der Waals surface area contributed by atoms with E-state index in [4.69, 9.17) is 10.5 Å². The number of nitrogens with one attached hydrogen (secondary N) is 1. The lowest BCUT2D eigenvalue weighted by Gasteiger charge is -2.00. The van der Waals surface area contributed by atoms with E-state index in [0.29, 0.717) is 28.9 Å². The van der Waals surface area contributed by atoms with Crippen LogP contribution in [-0.4, -0.2) is 29.8 Å². The fourth-order valence-electron chi connectivity index (χ4n) is 1.45. The van der Waals surface area contributed by atoms with Crippen LogP contribution in [0.3, 0.4) is 0 Å². The van der Waals surface area contributed by atoms with Crippen molar-refractivity contribution in [1.82, 2.24) is 10.2 Å². The molecule has 7 heteroatoms. The number of aromatic nitrogens is 2. The van der Waals surface area contributed by atoms with E-state index < -0.39 is 0 Å². The first-order valence-corrected chi connectivity index (χ1v) is 6.49. The van der Waals surface area contributed by atoms with E-state index in [1.807, 2.05) is 18.2 Å². The monoisotopic (exact) mass is 278 g/mol. The molecule has 1 aromatic heterocycles. The predicted octanol–water partition coefficient (Wildman–Crippen LogP) is 1.76. The van der Waals surface area contributed by atoms with Gasteiger partial charge in [-0.05, 0) is 12.1 Å². The van der Waals surface area contributed by atoms with Gasteiger partial charge in [0, 0.05) is 18.4 Å². The Morgan fingerprint density at radius 1 is 1.42 bits per heavy atom. The van der Waals surface area contributed by atoms with Gasteiger partial charge < -0.3 is 15.8 Å². The number of anilines is 2. The summed E-state index contributed by atoms with van der Waals surface area (Å²) in [7, 11) is 1.55. The van der Waals surface area contributed by atoms with Crippen molar-refractivity contribution in [2.45, 2.75) is 6.42 Å². The highest BCUT2D eigenvalue weighted by Crippen LogP contribution is 2.30. The Labute approximate surface area is 114 Å². The average Bonchev–Trinajstić information content (AvgIpc) is 2.85. The highest BCUT2D eigenvalue weighted by atomic mass is 32.1. The van der Waals surface area contributed by atoms with E-state index in [9.17, 15) is 4.79 Å². The Balaban J connectivity index is 2.07. The fourth-order valence-corrected chi connectivity index (χ4v) is 2.26. The molecule has 0 unspecified atom stereocenters. The van der Waals surface area contributed by atoms with Crippen LogP contribution < -0.4 is 11.1 Å². The minimum atomic E-state index is -0.148. The van der Waals surface area contributed by atoms with Gasteiger partial charge in [-0.2, -0.15) is 0 Å². The summed E-state index contributed by atoms with van der Waals surface area (Å²) in [5.74, 6) is -0.148. The van der Waals surface area contributed by atoms with Crippen molar-refractivity contribution in [3.8, 4) is 10.6 Å². The third-order valence-electron chi connectivity index (χ3n) is 2.40. The summed E-state index contributed by atoms with van der Waals surface area (Å²) in [4.78, 5) is 11.5. The summed E-state index contributed by atoms with van der Waals surface area (Å²) in [6.07, 6.45) is 0.291. The van der Waals surface area contributed by atoms with Crippen molar-refractivity contribution in [1.29, 1.82) is 0 Å². The number of nitrogens with two attached hydrogens (primary N) is 1. The van der Waals surface area contributed by atoms with Gasteiger partial charge in [0.1, 0.15) is 0 Å². The van der Waals surface area contributed by atoms with Gasteiger partial charge >= 0.3 is 0 Å². The number of nitrogens with zero attached hydrogens (tertiary/aromatic N) is 2. The normalized spacial score (nSPS) is 10.4. The molecule has 0 aliphatic heterocycles. The zero-order chi connectivity index (χ0) is 13.7. The van der Waals surface area contributed by atoms with Crippen molar-refractivity contribution in [3.63, 3.8) is 0 Å². The zero-order valence-electron chi connectivity index (χ0n) is 10.4. The molecule has 1 heterocycles. The molecule has 6 nitrogen and oxygen atoms in total. The molecule has 0 atom stereocenters. The van der Waals surface area contributed by atoms with Gasteiger partial charge in [0.05, 0.1) is 13.0 Å². The number of carbonyl (C=O) groups is 1. The Hall–Kier alpha value is -1.99. The standard InChI is InChI=1S/C12H14N4O2S/c1-18-7-6-10(17)14-12-16-15-11(19-12)8-4-2-3-5-9(8)13/h2-5H,6-7,13H2,1H3,(H,14,16,17). The van der Waals surface area contributed by atoms with Gasteiger partial charge in [0.2, 0.25) is 11.0 Å². The third-order valence-corrected chi connectivity index (χ3v) is 3.27. The van der Waals surface area contributed by atoms with Crippen LogP contribution in [0, 0.1) is 0 Å². The van der Waals surface area contributed by atoms with Gasteiger partial charge in [0.25, 0.3) is 0 Å². The SMILES string of the molecule is COCCC(=O)Nc1nnc(-c2ccccc2N)s1. The van der Waals surface area contributed by atoms with Crippen molar-refractivity contribution in [2.24, 2.45) is 0 Å². The number of benzene rings is 1. The Kier molecular flexibility index (Phi) is 4.43. The van der Waals surface area contributed by atoms with E-state index in [0.717, 1.165) is 5.56 Å². The van der Waals surface area contributed by atoms with Crippen LogP contribution in [0.2, 0.25) is 0 Å². The minimum Gasteiger partial charge on any atom is -0.398 e. The second kappa shape index (κ2) is 6.26. The maximum Gasteiger partial charge on any atom is 0.228 e. The second-order valence-corrected chi connectivity index (χ2v) is 4.77. The molecule has 0 bridgehead atoms. The molecule has 1 amide bonds.